The Balaban J connectivity index is 1.98. The van der Waals surface area contributed by atoms with Gasteiger partial charge < -0.3 is 10.6 Å². The Labute approximate surface area is 147 Å². The third kappa shape index (κ3) is 5.71. The molecule has 4 nitrogen and oxygen atoms in total. The van der Waals surface area contributed by atoms with Gasteiger partial charge in [-0.1, -0.05) is 32.0 Å². The van der Waals surface area contributed by atoms with Crippen LogP contribution >= 0.6 is 0 Å². The Bertz CT molecular complexity index is 772. The zero-order valence-electron chi connectivity index (χ0n) is 14.7. The Kier molecular flexibility index (Phi) is 6.28. The highest BCUT2D eigenvalue weighted by atomic mass is 19.1. The largest absolute Gasteiger partial charge is 0.326 e. The van der Waals surface area contributed by atoms with E-state index in [1.54, 1.807) is 24.3 Å². The molecule has 0 unspecified atom stereocenters. The van der Waals surface area contributed by atoms with E-state index >= 15 is 0 Å². The van der Waals surface area contributed by atoms with E-state index in [0.29, 0.717) is 17.8 Å². The first-order valence-corrected chi connectivity index (χ1v) is 8.31. The van der Waals surface area contributed by atoms with Crippen molar-refractivity contribution in [2.45, 2.75) is 33.6 Å². The molecule has 0 aliphatic heterocycles. The summed E-state index contributed by atoms with van der Waals surface area (Å²) in [5.41, 5.74) is 2.99. The minimum absolute atomic E-state index is 0.0766. The van der Waals surface area contributed by atoms with Gasteiger partial charge in [-0.15, -0.1) is 0 Å². The van der Waals surface area contributed by atoms with Gasteiger partial charge in [-0.2, -0.15) is 0 Å². The number of carbonyl (C=O) groups is 2. The third-order valence-electron chi connectivity index (χ3n) is 3.83. The maximum absolute atomic E-state index is 13.2. The molecule has 0 fully saturated rings. The summed E-state index contributed by atoms with van der Waals surface area (Å²) in [5, 5.41) is 5.67. The summed E-state index contributed by atoms with van der Waals surface area (Å²) in [7, 11) is 0. The zero-order valence-corrected chi connectivity index (χ0v) is 14.7. The van der Waals surface area contributed by atoms with Crippen LogP contribution in [-0.4, -0.2) is 11.8 Å². The number of anilines is 2. The van der Waals surface area contributed by atoms with Crippen LogP contribution < -0.4 is 10.6 Å². The maximum atomic E-state index is 13.2. The van der Waals surface area contributed by atoms with E-state index in [-0.39, 0.29) is 30.0 Å². The van der Waals surface area contributed by atoms with Gasteiger partial charge in [-0.3, -0.25) is 9.59 Å². The Morgan fingerprint density at radius 2 is 1.84 bits per heavy atom. The zero-order chi connectivity index (χ0) is 18.4. The molecule has 0 radical (unpaired) electrons. The van der Waals surface area contributed by atoms with Gasteiger partial charge in [0.15, 0.2) is 0 Å². The SMILES string of the molecule is Cc1ccc(NC(=O)C(C)C)cc1NC(=O)CCc1cccc(F)c1. The summed E-state index contributed by atoms with van der Waals surface area (Å²) in [6.07, 6.45) is 0.720. The molecule has 0 atom stereocenters. The summed E-state index contributed by atoms with van der Waals surface area (Å²) in [5.74, 6) is -0.653. The van der Waals surface area contributed by atoms with Gasteiger partial charge in [-0.05, 0) is 48.7 Å². The highest BCUT2D eigenvalue weighted by Gasteiger charge is 2.10. The van der Waals surface area contributed by atoms with Gasteiger partial charge in [0.1, 0.15) is 5.82 Å². The molecule has 2 amide bonds. The molecule has 25 heavy (non-hydrogen) atoms. The smallest absolute Gasteiger partial charge is 0.226 e. The van der Waals surface area contributed by atoms with Crippen LogP contribution in [0.15, 0.2) is 42.5 Å². The highest BCUT2D eigenvalue weighted by Crippen LogP contribution is 2.21. The summed E-state index contributed by atoms with van der Waals surface area (Å²) in [6.45, 7) is 5.52. The molecule has 0 spiro atoms. The van der Waals surface area contributed by atoms with E-state index in [9.17, 15) is 14.0 Å². The fourth-order valence-corrected chi connectivity index (χ4v) is 2.28. The van der Waals surface area contributed by atoms with Crippen LogP contribution in [0.4, 0.5) is 15.8 Å². The van der Waals surface area contributed by atoms with Crippen molar-refractivity contribution in [3.63, 3.8) is 0 Å². The maximum Gasteiger partial charge on any atom is 0.226 e. The van der Waals surface area contributed by atoms with Crippen molar-refractivity contribution in [1.82, 2.24) is 0 Å². The summed E-state index contributed by atoms with van der Waals surface area (Å²) in [6, 6.07) is 11.6. The number of hydrogen-bond acceptors (Lipinski definition) is 2. The molecular weight excluding hydrogens is 319 g/mol. The number of rotatable bonds is 6. The lowest BCUT2D eigenvalue weighted by molar-refractivity contribution is -0.119. The molecule has 2 N–H and O–H groups in total. The second-order valence-electron chi connectivity index (χ2n) is 6.35. The minimum Gasteiger partial charge on any atom is -0.326 e. The molecule has 2 rings (SSSR count). The second-order valence-corrected chi connectivity index (χ2v) is 6.35. The molecule has 2 aromatic carbocycles. The van der Waals surface area contributed by atoms with E-state index in [1.165, 1.54) is 12.1 Å². The van der Waals surface area contributed by atoms with Crippen molar-refractivity contribution < 1.29 is 14.0 Å². The molecule has 0 saturated carbocycles. The number of nitrogens with one attached hydrogen (secondary N) is 2. The highest BCUT2D eigenvalue weighted by molar-refractivity contribution is 5.95. The molecule has 0 aliphatic rings. The number of carbonyl (C=O) groups excluding carboxylic acids is 2. The van der Waals surface area contributed by atoms with E-state index < -0.39 is 0 Å². The lowest BCUT2D eigenvalue weighted by Gasteiger charge is -2.12. The number of amides is 2. The molecule has 0 saturated heterocycles. The predicted molar refractivity (Wildman–Crippen MR) is 98.0 cm³/mol. The van der Waals surface area contributed by atoms with Gasteiger partial charge in [-0.25, -0.2) is 4.39 Å². The van der Waals surface area contributed by atoms with Gasteiger partial charge in [0.05, 0.1) is 0 Å². The minimum atomic E-state index is -0.303. The number of halogens is 1. The van der Waals surface area contributed by atoms with Gasteiger partial charge >= 0.3 is 0 Å². The molecule has 0 aliphatic carbocycles. The first-order chi connectivity index (χ1) is 11.8. The second kappa shape index (κ2) is 8.42. The van der Waals surface area contributed by atoms with Crippen LogP contribution in [-0.2, 0) is 16.0 Å². The fourth-order valence-electron chi connectivity index (χ4n) is 2.28. The monoisotopic (exact) mass is 342 g/mol. The summed E-state index contributed by atoms with van der Waals surface area (Å²) < 4.78 is 13.2. The molecule has 132 valence electrons. The number of benzene rings is 2. The van der Waals surface area contributed by atoms with Crippen LogP contribution in [0.1, 0.15) is 31.4 Å². The number of hydrogen-bond donors (Lipinski definition) is 2. The van der Waals surface area contributed by atoms with Crippen LogP contribution in [0.3, 0.4) is 0 Å². The third-order valence-corrected chi connectivity index (χ3v) is 3.83. The van der Waals surface area contributed by atoms with Crippen LogP contribution in [0.5, 0.6) is 0 Å². The molecule has 2 aromatic rings. The standard InChI is InChI=1S/C20H23FN2O2/c1-13(2)20(25)22-17-9-7-14(3)18(12-17)23-19(24)10-8-15-5-4-6-16(21)11-15/h4-7,9,11-13H,8,10H2,1-3H3,(H,22,25)(H,23,24). The normalized spacial score (nSPS) is 10.6. The van der Waals surface area contributed by atoms with Crippen LogP contribution in [0, 0.1) is 18.7 Å². The quantitative estimate of drug-likeness (QED) is 0.822. The first-order valence-electron chi connectivity index (χ1n) is 8.31. The summed E-state index contributed by atoms with van der Waals surface area (Å²) in [4.78, 5) is 24.0. The summed E-state index contributed by atoms with van der Waals surface area (Å²) >= 11 is 0. The molecular formula is C20H23FN2O2. The van der Waals surface area contributed by atoms with Gasteiger partial charge in [0.25, 0.3) is 0 Å². The van der Waals surface area contributed by atoms with E-state index in [4.69, 9.17) is 0 Å². The van der Waals surface area contributed by atoms with Gasteiger partial charge in [0, 0.05) is 23.7 Å². The molecule has 0 bridgehead atoms. The van der Waals surface area contributed by atoms with Crippen LogP contribution in [0.2, 0.25) is 0 Å². The van der Waals surface area contributed by atoms with Crippen molar-refractivity contribution in [2.24, 2.45) is 5.92 Å². The average Bonchev–Trinajstić information content (AvgIpc) is 2.56. The first kappa shape index (κ1) is 18.6. The Morgan fingerprint density at radius 3 is 2.52 bits per heavy atom. The molecule has 0 heterocycles. The van der Waals surface area contributed by atoms with Crippen molar-refractivity contribution in [2.75, 3.05) is 10.6 Å². The van der Waals surface area contributed by atoms with E-state index in [2.05, 4.69) is 10.6 Å². The van der Waals surface area contributed by atoms with Crippen molar-refractivity contribution in [3.8, 4) is 0 Å². The molecule has 5 heteroatoms. The molecule has 0 aromatic heterocycles. The van der Waals surface area contributed by atoms with E-state index in [1.807, 2.05) is 26.8 Å². The fraction of sp³-hybridized carbons (Fsp3) is 0.300. The van der Waals surface area contributed by atoms with E-state index in [0.717, 1.165) is 11.1 Å². The number of aryl methyl sites for hydroxylation is 2. The average molecular weight is 342 g/mol. The van der Waals surface area contributed by atoms with Crippen LogP contribution in [0.25, 0.3) is 0 Å². The lowest BCUT2D eigenvalue weighted by atomic mass is 10.1. The predicted octanol–water partition coefficient (Wildman–Crippen LogP) is 4.30. The van der Waals surface area contributed by atoms with Crippen molar-refractivity contribution in [3.05, 3.63) is 59.4 Å². The van der Waals surface area contributed by atoms with Crippen molar-refractivity contribution >= 4 is 23.2 Å². The topological polar surface area (TPSA) is 58.2 Å². The van der Waals surface area contributed by atoms with Crippen molar-refractivity contribution in [1.29, 1.82) is 0 Å². The Morgan fingerprint density at radius 1 is 1.08 bits per heavy atom. The van der Waals surface area contributed by atoms with Gasteiger partial charge in [0.2, 0.25) is 11.8 Å². The Hall–Kier alpha value is -2.69. The lowest BCUT2D eigenvalue weighted by Crippen LogP contribution is -2.18.